The lowest BCUT2D eigenvalue weighted by molar-refractivity contribution is 0.351. The van der Waals surface area contributed by atoms with Crippen LogP contribution in [0.15, 0.2) is 10.5 Å². The fourth-order valence-electron chi connectivity index (χ4n) is 1.78. The van der Waals surface area contributed by atoms with Crippen LogP contribution in [-0.2, 0) is 21.2 Å². The van der Waals surface area contributed by atoms with Gasteiger partial charge in [0.2, 0.25) is 9.05 Å². The van der Waals surface area contributed by atoms with Crippen LogP contribution < -0.4 is 9.47 Å². The molecule has 1 aromatic carbocycles. The van der Waals surface area contributed by atoms with E-state index >= 15 is 0 Å². The van der Waals surface area contributed by atoms with Crippen LogP contribution in [0.2, 0.25) is 0 Å². The zero-order valence-corrected chi connectivity index (χ0v) is 13.4. The van der Waals surface area contributed by atoms with Gasteiger partial charge in [-0.05, 0) is 18.1 Å². The normalized spacial score (nSPS) is 11.4. The maximum Gasteiger partial charge on any atom is 0.236 e. The number of benzene rings is 1. The quantitative estimate of drug-likeness (QED) is 0.760. The minimum absolute atomic E-state index is 0.251. The van der Waals surface area contributed by atoms with Crippen LogP contribution in [0.5, 0.6) is 11.5 Å². The Morgan fingerprint density at radius 2 is 1.89 bits per heavy atom. The Morgan fingerprint density at radius 3 is 2.28 bits per heavy atom. The standard InChI is InChI=1S/C11H14BrClO4S/c1-4-7-8(6-18(13,14)15)9(12)5-10(16-2)11(7)17-3/h5H,4,6H2,1-3H3. The molecule has 0 aliphatic rings. The van der Waals surface area contributed by atoms with Gasteiger partial charge in [0, 0.05) is 20.7 Å². The largest absolute Gasteiger partial charge is 0.493 e. The number of halogens is 2. The third-order valence-corrected chi connectivity index (χ3v) is 4.17. The van der Waals surface area contributed by atoms with E-state index in [4.69, 9.17) is 20.2 Å². The molecule has 0 spiro atoms. The van der Waals surface area contributed by atoms with Crippen LogP contribution >= 0.6 is 26.6 Å². The Balaban J connectivity index is 3.50. The predicted molar refractivity (Wildman–Crippen MR) is 75.1 cm³/mol. The number of hydrogen-bond donors (Lipinski definition) is 0. The molecule has 0 radical (unpaired) electrons. The first-order chi connectivity index (χ1) is 8.34. The number of ether oxygens (including phenoxy) is 2. The molecule has 18 heavy (non-hydrogen) atoms. The molecule has 0 aliphatic carbocycles. The van der Waals surface area contributed by atoms with Crippen molar-refractivity contribution in [3.8, 4) is 11.5 Å². The van der Waals surface area contributed by atoms with Gasteiger partial charge in [0.1, 0.15) is 0 Å². The fraction of sp³-hybridized carbons (Fsp3) is 0.455. The van der Waals surface area contributed by atoms with Gasteiger partial charge in [-0.3, -0.25) is 0 Å². The molecule has 0 bridgehead atoms. The van der Waals surface area contributed by atoms with Crippen LogP contribution in [0.25, 0.3) is 0 Å². The molecule has 0 fully saturated rings. The number of methoxy groups -OCH3 is 2. The first kappa shape index (κ1) is 15.6. The molecule has 0 aromatic heterocycles. The summed E-state index contributed by atoms with van der Waals surface area (Å²) in [7, 11) is 4.73. The van der Waals surface area contributed by atoms with Gasteiger partial charge in [-0.25, -0.2) is 8.42 Å². The van der Waals surface area contributed by atoms with Gasteiger partial charge in [-0.15, -0.1) is 0 Å². The molecule has 102 valence electrons. The number of hydrogen-bond acceptors (Lipinski definition) is 4. The van der Waals surface area contributed by atoms with Crippen molar-refractivity contribution < 1.29 is 17.9 Å². The molecule has 7 heteroatoms. The van der Waals surface area contributed by atoms with Crippen molar-refractivity contribution in [3.05, 3.63) is 21.7 Å². The highest BCUT2D eigenvalue weighted by Gasteiger charge is 2.20. The average Bonchev–Trinajstić information content (AvgIpc) is 2.29. The van der Waals surface area contributed by atoms with E-state index in [0.29, 0.717) is 28.0 Å². The smallest absolute Gasteiger partial charge is 0.236 e. The molecule has 0 amide bonds. The van der Waals surface area contributed by atoms with Crippen LogP contribution in [-0.4, -0.2) is 22.6 Å². The molecule has 4 nitrogen and oxygen atoms in total. The molecule has 0 unspecified atom stereocenters. The second kappa shape index (κ2) is 6.12. The summed E-state index contributed by atoms with van der Waals surface area (Å²) in [6.07, 6.45) is 0.612. The predicted octanol–water partition coefficient (Wildman–Crippen LogP) is 3.10. The maximum atomic E-state index is 11.2. The van der Waals surface area contributed by atoms with Gasteiger partial charge >= 0.3 is 0 Å². The van der Waals surface area contributed by atoms with Gasteiger partial charge in [-0.1, -0.05) is 22.9 Å². The molecule has 0 saturated carbocycles. The third kappa shape index (κ3) is 3.52. The summed E-state index contributed by atoms with van der Waals surface area (Å²) >= 11 is 3.34. The Hall–Kier alpha value is -0.460. The van der Waals surface area contributed by atoms with Gasteiger partial charge in [-0.2, -0.15) is 0 Å². The van der Waals surface area contributed by atoms with Gasteiger partial charge < -0.3 is 9.47 Å². The first-order valence-electron chi connectivity index (χ1n) is 5.18. The third-order valence-electron chi connectivity index (χ3n) is 2.50. The minimum Gasteiger partial charge on any atom is -0.493 e. The maximum absolute atomic E-state index is 11.2. The number of rotatable bonds is 5. The zero-order chi connectivity index (χ0) is 13.9. The van der Waals surface area contributed by atoms with Crippen molar-refractivity contribution in [1.82, 2.24) is 0 Å². The summed E-state index contributed by atoms with van der Waals surface area (Å²) in [5.41, 5.74) is 1.37. The van der Waals surface area contributed by atoms with Crippen molar-refractivity contribution in [2.75, 3.05) is 14.2 Å². The Kier molecular flexibility index (Phi) is 5.31. The highest BCUT2D eigenvalue weighted by molar-refractivity contribution is 9.10. The summed E-state index contributed by atoms with van der Waals surface area (Å²) < 4.78 is 33.6. The lowest BCUT2D eigenvalue weighted by Gasteiger charge is -2.17. The van der Waals surface area contributed by atoms with E-state index in [-0.39, 0.29) is 5.75 Å². The lowest BCUT2D eigenvalue weighted by Crippen LogP contribution is -2.05. The fourth-order valence-corrected chi connectivity index (χ4v) is 3.55. The SMILES string of the molecule is CCc1c(CS(=O)(=O)Cl)c(Br)cc(OC)c1OC. The summed E-state index contributed by atoms with van der Waals surface area (Å²) in [6, 6.07) is 1.68. The second-order valence-corrected chi connectivity index (χ2v) is 7.22. The van der Waals surface area contributed by atoms with Crippen molar-refractivity contribution in [3.63, 3.8) is 0 Å². The molecule has 1 aromatic rings. The second-order valence-electron chi connectivity index (χ2n) is 3.59. The molecule has 0 atom stereocenters. The molecule has 0 saturated heterocycles. The summed E-state index contributed by atoms with van der Waals surface area (Å²) in [6.45, 7) is 1.91. The molecular formula is C11H14BrClO4S. The minimum atomic E-state index is -3.63. The van der Waals surface area contributed by atoms with Gasteiger partial charge in [0.05, 0.1) is 20.0 Å². The van der Waals surface area contributed by atoms with E-state index in [9.17, 15) is 8.42 Å². The van der Waals surface area contributed by atoms with E-state index in [1.54, 1.807) is 6.07 Å². The van der Waals surface area contributed by atoms with E-state index < -0.39 is 9.05 Å². The van der Waals surface area contributed by atoms with E-state index in [1.807, 2.05) is 6.92 Å². The van der Waals surface area contributed by atoms with E-state index in [0.717, 1.165) is 5.56 Å². The van der Waals surface area contributed by atoms with Crippen molar-refractivity contribution >= 4 is 35.7 Å². The molecular weight excluding hydrogens is 344 g/mol. The molecule has 0 heterocycles. The topological polar surface area (TPSA) is 52.6 Å². The van der Waals surface area contributed by atoms with Crippen LogP contribution in [0, 0.1) is 0 Å². The summed E-state index contributed by atoms with van der Waals surface area (Å²) in [5.74, 6) is 0.842. The Morgan fingerprint density at radius 1 is 1.28 bits per heavy atom. The summed E-state index contributed by atoms with van der Waals surface area (Å²) in [5, 5.41) is 0. The van der Waals surface area contributed by atoms with Crippen LogP contribution in [0.4, 0.5) is 0 Å². The molecule has 1 rings (SSSR count). The molecule has 0 aliphatic heterocycles. The lowest BCUT2D eigenvalue weighted by atomic mass is 10.0. The van der Waals surface area contributed by atoms with Crippen molar-refractivity contribution in [2.45, 2.75) is 19.1 Å². The van der Waals surface area contributed by atoms with Crippen molar-refractivity contribution in [2.24, 2.45) is 0 Å². The van der Waals surface area contributed by atoms with Crippen molar-refractivity contribution in [1.29, 1.82) is 0 Å². The Bertz CT molecular complexity index is 542. The highest BCUT2D eigenvalue weighted by Crippen LogP contribution is 2.39. The van der Waals surface area contributed by atoms with Gasteiger partial charge in [0.15, 0.2) is 11.5 Å². The van der Waals surface area contributed by atoms with E-state index in [1.165, 1.54) is 14.2 Å². The zero-order valence-electron chi connectivity index (χ0n) is 10.3. The highest BCUT2D eigenvalue weighted by atomic mass is 79.9. The van der Waals surface area contributed by atoms with Crippen LogP contribution in [0.3, 0.4) is 0 Å². The van der Waals surface area contributed by atoms with Crippen LogP contribution in [0.1, 0.15) is 18.1 Å². The summed E-state index contributed by atoms with van der Waals surface area (Å²) in [4.78, 5) is 0. The van der Waals surface area contributed by atoms with Gasteiger partial charge in [0.25, 0.3) is 0 Å². The first-order valence-corrected chi connectivity index (χ1v) is 8.45. The Labute approximate surface area is 120 Å². The monoisotopic (exact) mass is 356 g/mol. The molecule has 0 N–H and O–H groups in total. The average molecular weight is 358 g/mol. The van der Waals surface area contributed by atoms with E-state index in [2.05, 4.69) is 15.9 Å².